The van der Waals surface area contributed by atoms with Gasteiger partial charge in [-0.1, -0.05) is 6.07 Å². The standard InChI is InChI=1S/C14H23N3/c1-17(10-13(16)9-15)14-7-6-11-4-2-3-5-12(11)8-14/h6-8,13H,2-5,9-10,15-16H2,1H3. The second kappa shape index (κ2) is 5.52. The van der Waals surface area contributed by atoms with Gasteiger partial charge in [0.05, 0.1) is 0 Å². The number of benzene rings is 1. The molecule has 0 saturated carbocycles. The van der Waals surface area contributed by atoms with Gasteiger partial charge in [-0.2, -0.15) is 0 Å². The molecule has 0 aliphatic heterocycles. The summed E-state index contributed by atoms with van der Waals surface area (Å²) < 4.78 is 0. The van der Waals surface area contributed by atoms with Crippen LogP contribution in [0.25, 0.3) is 0 Å². The SMILES string of the molecule is CN(CC(N)CN)c1ccc2c(c1)CCCC2. The van der Waals surface area contributed by atoms with E-state index in [0.29, 0.717) is 6.54 Å². The normalized spacial score (nSPS) is 16.4. The topological polar surface area (TPSA) is 55.3 Å². The van der Waals surface area contributed by atoms with E-state index in [1.165, 1.54) is 42.5 Å². The molecule has 1 aliphatic rings. The number of fused-ring (bicyclic) bond motifs is 1. The van der Waals surface area contributed by atoms with Crippen molar-refractivity contribution in [1.82, 2.24) is 0 Å². The van der Waals surface area contributed by atoms with Crippen LogP contribution >= 0.6 is 0 Å². The van der Waals surface area contributed by atoms with Gasteiger partial charge in [-0.25, -0.2) is 0 Å². The number of hydrogen-bond acceptors (Lipinski definition) is 3. The van der Waals surface area contributed by atoms with Crippen molar-refractivity contribution in [3.05, 3.63) is 29.3 Å². The Labute approximate surface area is 104 Å². The van der Waals surface area contributed by atoms with Crippen LogP contribution in [0.4, 0.5) is 5.69 Å². The zero-order valence-electron chi connectivity index (χ0n) is 10.7. The molecular weight excluding hydrogens is 210 g/mol. The summed E-state index contributed by atoms with van der Waals surface area (Å²) in [5, 5.41) is 0. The number of hydrogen-bond donors (Lipinski definition) is 2. The van der Waals surface area contributed by atoms with Gasteiger partial charge in [0, 0.05) is 31.9 Å². The molecule has 0 saturated heterocycles. The number of nitrogens with zero attached hydrogens (tertiary/aromatic N) is 1. The van der Waals surface area contributed by atoms with Crippen LogP contribution in [0, 0.1) is 0 Å². The van der Waals surface area contributed by atoms with E-state index in [2.05, 4.69) is 30.1 Å². The Morgan fingerprint density at radius 3 is 2.65 bits per heavy atom. The molecule has 0 spiro atoms. The van der Waals surface area contributed by atoms with Gasteiger partial charge in [-0.3, -0.25) is 0 Å². The third kappa shape index (κ3) is 2.99. The average molecular weight is 233 g/mol. The molecule has 4 N–H and O–H groups in total. The minimum Gasteiger partial charge on any atom is -0.373 e. The minimum atomic E-state index is 0.0519. The minimum absolute atomic E-state index is 0.0519. The van der Waals surface area contributed by atoms with Crippen LogP contribution in [-0.2, 0) is 12.8 Å². The first kappa shape index (κ1) is 12.4. The van der Waals surface area contributed by atoms with Gasteiger partial charge in [0.25, 0.3) is 0 Å². The highest BCUT2D eigenvalue weighted by Gasteiger charge is 2.12. The van der Waals surface area contributed by atoms with Crippen LogP contribution in [-0.4, -0.2) is 26.2 Å². The molecule has 94 valence electrons. The van der Waals surface area contributed by atoms with E-state index in [9.17, 15) is 0 Å². The molecule has 1 aromatic carbocycles. The highest BCUT2D eigenvalue weighted by atomic mass is 15.1. The second-order valence-electron chi connectivity index (χ2n) is 5.04. The summed E-state index contributed by atoms with van der Waals surface area (Å²) in [5.74, 6) is 0. The lowest BCUT2D eigenvalue weighted by atomic mass is 9.91. The number of nitrogens with two attached hydrogens (primary N) is 2. The van der Waals surface area contributed by atoms with Gasteiger partial charge in [0.1, 0.15) is 0 Å². The molecule has 1 atom stereocenters. The Morgan fingerprint density at radius 2 is 1.94 bits per heavy atom. The summed E-state index contributed by atoms with van der Waals surface area (Å²) in [7, 11) is 2.08. The van der Waals surface area contributed by atoms with Crippen molar-refractivity contribution in [2.75, 3.05) is 25.0 Å². The third-order valence-electron chi connectivity index (χ3n) is 3.58. The van der Waals surface area contributed by atoms with Gasteiger partial charge in [-0.05, 0) is 48.9 Å². The maximum Gasteiger partial charge on any atom is 0.0367 e. The number of anilines is 1. The highest BCUT2D eigenvalue weighted by molar-refractivity contribution is 5.51. The molecule has 0 amide bonds. The van der Waals surface area contributed by atoms with Crippen LogP contribution in [0.3, 0.4) is 0 Å². The van der Waals surface area contributed by atoms with Crippen molar-refractivity contribution in [3.63, 3.8) is 0 Å². The number of aryl methyl sites for hydroxylation is 2. The summed E-state index contributed by atoms with van der Waals surface area (Å²) in [4.78, 5) is 2.20. The van der Waals surface area contributed by atoms with Crippen molar-refractivity contribution >= 4 is 5.69 Å². The summed E-state index contributed by atoms with van der Waals surface area (Å²) in [6.45, 7) is 1.35. The predicted molar refractivity (Wildman–Crippen MR) is 73.4 cm³/mol. The predicted octanol–water partition coefficient (Wildman–Crippen LogP) is 1.29. The Kier molecular flexibility index (Phi) is 4.02. The van der Waals surface area contributed by atoms with E-state index < -0.39 is 0 Å². The summed E-state index contributed by atoms with van der Waals surface area (Å²) in [6, 6.07) is 6.84. The van der Waals surface area contributed by atoms with E-state index >= 15 is 0 Å². The molecule has 3 nitrogen and oxygen atoms in total. The molecule has 3 heteroatoms. The zero-order valence-corrected chi connectivity index (χ0v) is 10.7. The fourth-order valence-corrected chi connectivity index (χ4v) is 2.49. The first-order valence-electron chi connectivity index (χ1n) is 6.49. The lowest BCUT2D eigenvalue weighted by molar-refractivity contribution is 0.664. The molecule has 17 heavy (non-hydrogen) atoms. The van der Waals surface area contributed by atoms with Crippen LogP contribution in [0.5, 0.6) is 0 Å². The summed E-state index contributed by atoms with van der Waals surface area (Å²) in [6.07, 6.45) is 5.12. The van der Waals surface area contributed by atoms with Crippen molar-refractivity contribution in [2.24, 2.45) is 11.5 Å². The molecule has 2 rings (SSSR count). The fourth-order valence-electron chi connectivity index (χ4n) is 2.49. The highest BCUT2D eigenvalue weighted by Crippen LogP contribution is 2.25. The van der Waals surface area contributed by atoms with E-state index in [0.717, 1.165) is 6.54 Å². The van der Waals surface area contributed by atoms with E-state index in [4.69, 9.17) is 11.5 Å². The lowest BCUT2D eigenvalue weighted by Crippen LogP contribution is -2.40. The largest absolute Gasteiger partial charge is 0.373 e. The lowest BCUT2D eigenvalue weighted by Gasteiger charge is -2.25. The van der Waals surface area contributed by atoms with Gasteiger partial charge in [0.2, 0.25) is 0 Å². The molecular formula is C14H23N3. The molecule has 0 heterocycles. The molecule has 0 radical (unpaired) electrons. The van der Waals surface area contributed by atoms with Crippen LogP contribution in [0.2, 0.25) is 0 Å². The fraction of sp³-hybridized carbons (Fsp3) is 0.571. The van der Waals surface area contributed by atoms with Gasteiger partial charge < -0.3 is 16.4 Å². The Bertz CT molecular complexity index is 376. The maximum atomic E-state index is 5.88. The molecule has 0 bridgehead atoms. The number of likely N-dealkylation sites (N-methyl/N-ethyl adjacent to an activating group) is 1. The maximum absolute atomic E-state index is 5.88. The summed E-state index contributed by atoms with van der Waals surface area (Å²) >= 11 is 0. The van der Waals surface area contributed by atoms with Crippen molar-refractivity contribution in [3.8, 4) is 0 Å². The summed E-state index contributed by atoms with van der Waals surface area (Å²) in [5.41, 5.74) is 15.7. The van der Waals surface area contributed by atoms with E-state index in [1.54, 1.807) is 0 Å². The van der Waals surface area contributed by atoms with Crippen LogP contribution in [0.15, 0.2) is 18.2 Å². The smallest absolute Gasteiger partial charge is 0.0367 e. The quantitative estimate of drug-likeness (QED) is 0.824. The van der Waals surface area contributed by atoms with Crippen LogP contribution < -0.4 is 16.4 Å². The first-order valence-corrected chi connectivity index (χ1v) is 6.49. The van der Waals surface area contributed by atoms with Gasteiger partial charge in [-0.15, -0.1) is 0 Å². The molecule has 1 aliphatic carbocycles. The van der Waals surface area contributed by atoms with Crippen molar-refractivity contribution < 1.29 is 0 Å². The van der Waals surface area contributed by atoms with E-state index in [-0.39, 0.29) is 6.04 Å². The zero-order chi connectivity index (χ0) is 12.3. The molecule has 1 aromatic rings. The van der Waals surface area contributed by atoms with E-state index in [1.807, 2.05) is 0 Å². The monoisotopic (exact) mass is 233 g/mol. The van der Waals surface area contributed by atoms with Crippen LogP contribution in [0.1, 0.15) is 24.0 Å². The van der Waals surface area contributed by atoms with Crippen molar-refractivity contribution in [2.45, 2.75) is 31.7 Å². The Morgan fingerprint density at radius 1 is 1.24 bits per heavy atom. The Hall–Kier alpha value is -1.06. The number of rotatable bonds is 4. The van der Waals surface area contributed by atoms with Gasteiger partial charge in [0.15, 0.2) is 0 Å². The average Bonchev–Trinajstić information content (AvgIpc) is 2.38. The Balaban J connectivity index is 2.10. The first-order chi connectivity index (χ1) is 8.20. The van der Waals surface area contributed by atoms with Crippen molar-refractivity contribution in [1.29, 1.82) is 0 Å². The molecule has 1 unspecified atom stereocenters. The third-order valence-corrected chi connectivity index (χ3v) is 3.58. The molecule has 0 aromatic heterocycles. The molecule has 0 fully saturated rings. The second-order valence-corrected chi connectivity index (χ2v) is 5.04. The van der Waals surface area contributed by atoms with Gasteiger partial charge >= 0.3 is 0 Å².